The number of ether oxygens (including phenoxy) is 8. The van der Waals surface area contributed by atoms with Crippen LogP contribution in [-0.4, -0.2) is 137 Å². The SMILES string of the molecule is CC[C@H]1CCC[C@H](O[C@H]2CC[C@H](N(C)C)C(C)O2)[C@@H](C)C(=O)C2=C[C@H]3[C@@H]4C[C@H](O[C@@H]5OC(C)[C@H](OC)C(OC)[C@@H]5OC)C[C@H]4[C@H]4[C@@H]([C@H]3[C@@H]2CC(=O)O1)N4[C@@H](C)c1ccccc1. The molecule has 12 heteroatoms. The zero-order valence-electron chi connectivity index (χ0n) is 38.4. The third kappa shape index (κ3) is 8.80. The summed E-state index contributed by atoms with van der Waals surface area (Å²) < 4.78 is 50.7. The number of hydrogen-bond acceptors (Lipinski definition) is 12. The van der Waals surface area contributed by atoms with Gasteiger partial charge in [0.25, 0.3) is 0 Å². The number of carbonyl (C=O) groups is 2. The molecule has 0 bridgehead atoms. The third-order valence-corrected chi connectivity index (χ3v) is 16.2. The van der Waals surface area contributed by atoms with Crippen LogP contribution < -0.4 is 0 Å². The highest BCUT2D eigenvalue weighted by Gasteiger charge is 2.70. The number of allylic oxidation sites excluding steroid dienone is 2. The minimum atomic E-state index is -0.617. The van der Waals surface area contributed by atoms with E-state index in [4.69, 9.17) is 37.9 Å². The van der Waals surface area contributed by atoms with Crippen molar-refractivity contribution in [1.29, 1.82) is 0 Å². The largest absolute Gasteiger partial charge is 0.462 e. The molecule has 0 radical (unpaired) electrons. The number of esters is 1. The maximum absolute atomic E-state index is 15.2. The predicted octanol–water partition coefficient (Wildman–Crippen LogP) is 6.75. The zero-order chi connectivity index (χ0) is 43.3. The van der Waals surface area contributed by atoms with Gasteiger partial charge in [-0.2, -0.15) is 0 Å². The summed E-state index contributed by atoms with van der Waals surface area (Å²) in [6, 6.07) is 11.8. The number of cyclic esters (lactones) is 1. The molecule has 0 N–H and O–H groups in total. The summed E-state index contributed by atoms with van der Waals surface area (Å²) in [4.78, 5) is 34.2. The van der Waals surface area contributed by atoms with Gasteiger partial charge in [-0.05, 0) is 121 Å². The van der Waals surface area contributed by atoms with E-state index < -0.39 is 12.4 Å². The van der Waals surface area contributed by atoms with Crippen LogP contribution in [0.1, 0.15) is 104 Å². The van der Waals surface area contributed by atoms with Crippen LogP contribution in [-0.2, 0) is 47.5 Å². The molecule has 4 heterocycles. The van der Waals surface area contributed by atoms with Crippen LogP contribution in [0, 0.1) is 35.5 Å². The Morgan fingerprint density at radius 2 is 1.56 bits per heavy atom. The third-order valence-electron chi connectivity index (χ3n) is 16.2. The van der Waals surface area contributed by atoms with Gasteiger partial charge in [-0.3, -0.25) is 14.5 Å². The molecule has 4 aliphatic heterocycles. The summed E-state index contributed by atoms with van der Waals surface area (Å²) in [7, 11) is 9.23. The molecule has 4 unspecified atom stereocenters. The van der Waals surface area contributed by atoms with Crippen LogP contribution in [0.15, 0.2) is 42.0 Å². The summed E-state index contributed by atoms with van der Waals surface area (Å²) in [6.07, 6.45) is 6.15. The first kappa shape index (κ1) is 45.3. The molecule has 8 rings (SSSR count). The van der Waals surface area contributed by atoms with Crippen molar-refractivity contribution in [3.8, 4) is 0 Å². The fourth-order valence-electron chi connectivity index (χ4n) is 13.1. The van der Waals surface area contributed by atoms with Crippen molar-refractivity contribution >= 4 is 11.8 Å². The lowest BCUT2D eigenvalue weighted by atomic mass is 9.66. The monoisotopic (exact) mass is 851 g/mol. The highest BCUT2D eigenvalue weighted by atomic mass is 16.7. The van der Waals surface area contributed by atoms with Gasteiger partial charge in [-0.1, -0.05) is 50.3 Å². The van der Waals surface area contributed by atoms with Gasteiger partial charge in [0.1, 0.15) is 24.4 Å². The first-order chi connectivity index (χ1) is 29.4. The topological polar surface area (TPSA) is 114 Å². The fraction of sp³-hybridized carbons (Fsp3) is 0.796. The van der Waals surface area contributed by atoms with Gasteiger partial charge in [-0.15, -0.1) is 0 Å². The molecule has 7 aliphatic rings. The first-order valence-electron chi connectivity index (χ1n) is 23.5. The molecule has 3 aliphatic carbocycles. The number of hydrogen-bond donors (Lipinski definition) is 0. The molecule has 6 fully saturated rings. The zero-order valence-corrected chi connectivity index (χ0v) is 38.4. The lowest BCUT2D eigenvalue weighted by Gasteiger charge is -2.44. The van der Waals surface area contributed by atoms with Gasteiger partial charge >= 0.3 is 5.97 Å². The number of nitrogens with zero attached hydrogens (tertiary/aromatic N) is 2. The highest BCUT2D eigenvalue weighted by Crippen LogP contribution is 2.65. The van der Waals surface area contributed by atoms with E-state index in [0.717, 1.165) is 50.5 Å². The Labute approximate surface area is 364 Å². The quantitative estimate of drug-likeness (QED) is 0.174. The summed E-state index contributed by atoms with van der Waals surface area (Å²) in [6.45, 7) is 10.6. The number of ketones is 1. The molecule has 2 saturated carbocycles. The van der Waals surface area contributed by atoms with Gasteiger partial charge in [0.2, 0.25) is 0 Å². The van der Waals surface area contributed by atoms with E-state index in [0.29, 0.717) is 24.4 Å². The van der Waals surface area contributed by atoms with Crippen LogP contribution in [0.4, 0.5) is 0 Å². The number of rotatable bonds is 11. The van der Waals surface area contributed by atoms with Crippen molar-refractivity contribution in [3.63, 3.8) is 0 Å². The van der Waals surface area contributed by atoms with Crippen LogP contribution in [0.5, 0.6) is 0 Å². The standard InChI is InChI=1S/C49H74N2O10/c1-11-31-18-15-19-39(61-41-21-20-38(50(6)7)28(4)57-41)26(2)45(53)37-24-34-33-22-32(60-49-48(56-10)47(55-9)46(54-8)29(5)58-49)23-36(33)43-44(42(34)35(37)25-40(52)59-31)51(43)27(3)30-16-13-12-14-17-30/h12-14,16-17,24,26-29,31-36,38-39,41-44,46-49H,11,15,18-23,25H2,1-10H3/t26-,27+,28?,29?,31+,32+,33+,34+,35-,36-,38+,39+,41+,42-,43+,44-,46+,47?,48+,49+,51?/m1/s1. The Balaban J connectivity index is 1.10. The molecule has 0 amide bonds. The lowest BCUT2D eigenvalue weighted by molar-refractivity contribution is -0.314. The summed E-state index contributed by atoms with van der Waals surface area (Å²) >= 11 is 0. The Morgan fingerprint density at radius 3 is 2.23 bits per heavy atom. The van der Waals surface area contributed by atoms with Crippen molar-refractivity contribution < 1.29 is 47.5 Å². The van der Waals surface area contributed by atoms with Crippen molar-refractivity contribution in [2.24, 2.45) is 35.5 Å². The Kier molecular flexibility index (Phi) is 14.2. The second kappa shape index (κ2) is 19.1. The number of carbonyl (C=O) groups excluding carboxylic acids is 2. The number of benzene rings is 1. The molecule has 12 nitrogen and oxygen atoms in total. The van der Waals surface area contributed by atoms with E-state index in [1.165, 1.54) is 5.56 Å². The molecule has 4 saturated heterocycles. The Bertz CT molecular complexity index is 1690. The molecule has 0 spiro atoms. The molecule has 21 atom stereocenters. The van der Waals surface area contributed by atoms with E-state index in [1.54, 1.807) is 21.3 Å². The van der Waals surface area contributed by atoms with Crippen molar-refractivity contribution in [2.75, 3.05) is 35.4 Å². The summed E-state index contributed by atoms with van der Waals surface area (Å²) in [5.41, 5.74) is 2.07. The maximum Gasteiger partial charge on any atom is 0.306 e. The minimum Gasteiger partial charge on any atom is -0.462 e. The van der Waals surface area contributed by atoms with Crippen LogP contribution in [0.2, 0.25) is 0 Å². The van der Waals surface area contributed by atoms with Crippen LogP contribution >= 0.6 is 0 Å². The maximum atomic E-state index is 15.2. The van der Waals surface area contributed by atoms with Crippen molar-refractivity contribution in [2.45, 2.75) is 178 Å². The molecular formula is C49H74N2O10. The van der Waals surface area contributed by atoms with Crippen molar-refractivity contribution in [1.82, 2.24) is 9.80 Å². The van der Waals surface area contributed by atoms with Gasteiger partial charge in [0, 0.05) is 57.3 Å². The van der Waals surface area contributed by atoms with Gasteiger partial charge in [-0.25, -0.2) is 0 Å². The van der Waals surface area contributed by atoms with Crippen molar-refractivity contribution in [3.05, 3.63) is 47.5 Å². The fourth-order valence-corrected chi connectivity index (χ4v) is 13.1. The van der Waals surface area contributed by atoms with E-state index in [1.807, 2.05) is 13.8 Å². The lowest BCUT2D eigenvalue weighted by Crippen LogP contribution is -2.59. The summed E-state index contributed by atoms with van der Waals surface area (Å²) in [5, 5.41) is 0. The van der Waals surface area contributed by atoms with E-state index in [9.17, 15) is 4.79 Å². The number of likely N-dealkylation sites (N-methyl/N-ethyl adjacent to an activating group) is 1. The number of likely N-dealkylation sites (tertiary alicyclic amines) is 1. The highest BCUT2D eigenvalue weighted by molar-refractivity contribution is 5.99. The van der Waals surface area contributed by atoms with Crippen LogP contribution in [0.3, 0.4) is 0 Å². The van der Waals surface area contributed by atoms with Gasteiger partial charge in [0.15, 0.2) is 18.4 Å². The normalized spacial score (nSPS) is 45.7. The molecule has 61 heavy (non-hydrogen) atoms. The van der Waals surface area contributed by atoms with E-state index >= 15 is 4.79 Å². The molecule has 0 aromatic heterocycles. The average molecular weight is 851 g/mol. The summed E-state index contributed by atoms with van der Waals surface area (Å²) in [5.74, 6) is 0.111. The van der Waals surface area contributed by atoms with Gasteiger partial charge in [0.05, 0.1) is 30.8 Å². The van der Waals surface area contributed by atoms with E-state index in [2.05, 4.69) is 81.1 Å². The molecule has 340 valence electrons. The number of Topliss-reactive ketones (excluding diaryl/α,β-unsaturated/α-hetero) is 1. The smallest absolute Gasteiger partial charge is 0.306 e. The first-order valence-corrected chi connectivity index (χ1v) is 23.5. The average Bonchev–Trinajstić information content (AvgIpc) is 3.65. The molecule has 1 aromatic carbocycles. The molecular weight excluding hydrogens is 777 g/mol. The second-order valence-corrected chi connectivity index (χ2v) is 19.6. The minimum absolute atomic E-state index is 0.0250. The molecule has 1 aromatic rings. The van der Waals surface area contributed by atoms with Crippen LogP contribution in [0.25, 0.3) is 0 Å². The number of methoxy groups -OCH3 is 3. The van der Waals surface area contributed by atoms with Gasteiger partial charge < -0.3 is 42.8 Å². The second-order valence-electron chi connectivity index (χ2n) is 19.6. The predicted molar refractivity (Wildman–Crippen MR) is 229 cm³/mol. The number of fused-ring (bicyclic) bond motifs is 8. The Morgan fingerprint density at radius 1 is 0.836 bits per heavy atom. The van der Waals surface area contributed by atoms with E-state index in [-0.39, 0.29) is 109 Å². The Hall–Kier alpha value is -2.26.